The van der Waals surface area contributed by atoms with Crippen LogP contribution < -0.4 is 5.32 Å². The molecule has 0 radical (unpaired) electrons. The van der Waals surface area contributed by atoms with Gasteiger partial charge in [0.1, 0.15) is 0 Å². The van der Waals surface area contributed by atoms with Crippen molar-refractivity contribution in [1.29, 1.82) is 0 Å². The molecule has 4 nitrogen and oxygen atoms in total. The minimum absolute atomic E-state index is 0.113. The summed E-state index contributed by atoms with van der Waals surface area (Å²) in [5.74, 6) is -0.594. The number of rotatable bonds is 3. The summed E-state index contributed by atoms with van der Waals surface area (Å²) in [5.41, 5.74) is 0.113. The highest BCUT2D eigenvalue weighted by Crippen LogP contribution is 2.42. The maximum absolute atomic E-state index is 12.3. The molecule has 108 valence electrons. The molecule has 2 aliphatic carbocycles. The summed E-state index contributed by atoms with van der Waals surface area (Å²) in [6.07, 6.45) is 6.23. The molecule has 0 aromatic heterocycles. The van der Waals surface area contributed by atoms with Crippen LogP contribution in [-0.4, -0.2) is 23.0 Å². The summed E-state index contributed by atoms with van der Waals surface area (Å²) in [6.45, 7) is 4.34. The second-order valence-electron chi connectivity index (χ2n) is 6.83. The van der Waals surface area contributed by atoms with Gasteiger partial charge in [0.05, 0.1) is 5.92 Å². The van der Waals surface area contributed by atoms with Crippen molar-refractivity contribution in [3.63, 3.8) is 0 Å². The Bertz CT molecular complexity index is 356. The van der Waals surface area contributed by atoms with Gasteiger partial charge in [-0.05, 0) is 43.9 Å². The summed E-state index contributed by atoms with van der Waals surface area (Å²) in [6, 6.07) is 0.180. The summed E-state index contributed by atoms with van der Waals surface area (Å²) < 4.78 is 0. The van der Waals surface area contributed by atoms with E-state index in [2.05, 4.69) is 19.2 Å². The van der Waals surface area contributed by atoms with Gasteiger partial charge in [0, 0.05) is 12.0 Å². The molecule has 0 aromatic rings. The van der Waals surface area contributed by atoms with Crippen LogP contribution in [0.25, 0.3) is 0 Å². The fourth-order valence-electron chi connectivity index (χ4n) is 3.60. The van der Waals surface area contributed by atoms with Crippen LogP contribution in [0.2, 0.25) is 0 Å². The van der Waals surface area contributed by atoms with E-state index < -0.39 is 5.97 Å². The van der Waals surface area contributed by atoms with Crippen molar-refractivity contribution >= 4 is 11.9 Å². The van der Waals surface area contributed by atoms with Crippen molar-refractivity contribution in [3.05, 3.63) is 0 Å². The van der Waals surface area contributed by atoms with Crippen LogP contribution in [0.1, 0.15) is 58.8 Å². The molecular formula is C15H25NO3. The first kappa shape index (κ1) is 14.4. The van der Waals surface area contributed by atoms with Crippen molar-refractivity contribution in [2.24, 2.45) is 17.3 Å². The SMILES string of the molecule is CC1(C)CCCC1C(=O)NC1CCC(C(=O)O)CC1. The van der Waals surface area contributed by atoms with Crippen LogP contribution in [0.3, 0.4) is 0 Å². The maximum atomic E-state index is 12.3. The molecule has 1 unspecified atom stereocenters. The molecular weight excluding hydrogens is 242 g/mol. The van der Waals surface area contributed by atoms with Gasteiger partial charge in [0.15, 0.2) is 0 Å². The van der Waals surface area contributed by atoms with E-state index in [9.17, 15) is 9.59 Å². The Morgan fingerprint density at radius 3 is 2.21 bits per heavy atom. The minimum atomic E-state index is -0.693. The van der Waals surface area contributed by atoms with E-state index >= 15 is 0 Å². The third-order valence-corrected chi connectivity index (χ3v) is 5.00. The van der Waals surface area contributed by atoms with Crippen LogP contribution >= 0.6 is 0 Å². The molecule has 1 atom stereocenters. The van der Waals surface area contributed by atoms with Crippen LogP contribution in [0.4, 0.5) is 0 Å². The third kappa shape index (κ3) is 3.28. The molecule has 2 fully saturated rings. The highest BCUT2D eigenvalue weighted by molar-refractivity contribution is 5.80. The van der Waals surface area contributed by atoms with Gasteiger partial charge in [-0.25, -0.2) is 0 Å². The highest BCUT2D eigenvalue weighted by Gasteiger charge is 2.40. The molecule has 2 saturated carbocycles. The van der Waals surface area contributed by atoms with Crippen molar-refractivity contribution in [3.8, 4) is 0 Å². The minimum Gasteiger partial charge on any atom is -0.481 e. The second kappa shape index (κ2) is 5.51. The molecule has 2 rings (SSSR count). The van der Waals surface area contributed by atoms with Crippen molar-refractivity contribution in [2.45, 2.75) is 64.8 Å². The lowest BCUT2D eigenvalue weighted by Crippen LogP contribution is -2.44. The second-order valence-corrected chi connectivity index (χ2v) is 6.83. The zero-order chi connectivity index (χ0) is 14.0. The van der Waals surface area contributed by atoms with E-state index in [4.69, 9.17) is 5.11 Å². The first-order chi connectivity index (χ1) is 8.90. The number of aliphatic carboxylic acids is 1. The Morgan fingerprint density at radius 2 is 1.74 bits per heavy atom. The molecule has 2 aliphatic rings. The van der Waals surface area contributed by atoms with Gasteiger partial charge in [-0.2, -0.15) is 0 Å². The van der Waals surface area contributed by atoms with E-state index in [0.717, 1.165) is 32.1 Å². The maximum Gasteiger partial charge on any atom is 0.306 e. The Labute approximate surface area is 115 Å². The van der Waals surface area contributed by atoms with E-state index in [0.29, 0.717) is 12.8 Å². The first-order valence-corrected chi connectivity index (χ1v) is 7.43. The number of carbonyl (C=O) groups excluding carboxylic acids is 1. The number of carbonyl (C=O) groups is 2. The lowest BCUT2D eigenvalue weighted by atomic mass is 9.80. The molecule has 0 aliphatic heterocycles. The predicted octanol–water partition coefficient (Wildman–Crippen LogP) is 2.57. The Morgan fingerprint density at radius 1 is 1.11 bits per heavy atom. The van der Waals surface area contributed by atoms with Gasteiger partial charge < -0.3 is 10.4 Å². The number of carboxylic acid groups (broad SMARTS) is 1. The molecule has 4 heteroatoms. The molecule has 1 amide bonds. The first-order valence-electron chi connectivity index (χ1n) is 7.43. The van der Waals surface area contributed by atoms with Gasteiger partial charge in [-0.15, -0.1) is 0 Å². The summed E-state index contributed by atoms with van der Waals surface area (Å²) >= 11 is 0. The smallest absolute Gasteiger partial charge is 0.306 e. The molecule has 0 bridgehead atoms. The summed E-state index contributed by atoms with van der Waals surface area (Å²) in [5, 5.41) is 12.1. The largest absolute Gasteiger partial charge is 0.481 e. The van der Waals surface area contributed by atoms with Gasteiger partial charge >= 0.3 is 5.97 Å². The van der Waals surface area contributed by atoms with Crippen molar-refractivity contribution in [2.75, 3.05) is 0 Å². The molecule has 0 aromatic carbocycles. The molecule has 0 saturated heterocycles. The quantitative estimate of drug-likeness (QED) is 0.826. The lowest BCUT2D eigenvalue weighted by molar-refractivity contribution is -0.142. The average molecular weight is 267 g/mol. The number of carboxylic acids is 1. The fourth-order valence-corrected chi connectivity index (χ4v) is 3.60. The van der Waals surface area contributed by atoms with Crippen LogP contribution in [0.5, 0.6) is 0 Å². The van der Waals surface area contributed by atoms with E-state index in [1.54, 1.807) is 0 Å². The monoisotopic (exact) mass is 267 g/mol. The number of amides is 1. The molecule has 2 N–H and O–H groups in total. The van der Waals surface area contributed by atoms with Gasteiger partial charge in [-0.3, -0.25) is 9.59 Å². The summed E-state index contributed by atoms with van der Waals surface area (Å²) in [4.78, 5) is 23.2. The van der Waals surface area contributed by atoms with E-state index in [1.165, 1.54) is 0 Å². The van der Waals surface area contributed by atoms with Crippen LogP contribution in [0, 0.1) is 17.3 Å². The van der Waals surface area contributed by atoms with Gasteiger partial charge in [0.25, 0.3) is 0 Å². The van der Waals surface area contributed by atoms with Crippen LogP contribution in [0.15, 0.2) is 0 Å². The molecule has 0 heterocycles. The Balaban J connectivity index is 1.82. The van der Waals surface area contributed by atoms with Gasteiger partial charge in [0.2, 0.25) is 5.91 Å². The fraction of sp³-hybridized carbons (Fsp3) is 0.867. The van der Waals surface area contributed by atoms with Crippen LogP contribution in [-0.2, 0) is 9.59 Å². The number of hydrogen-bond donors (Lipinski definition) is 2. The highest BCUT2D eigenvalue weighted by atomic mass is 16.4. The molecule has 19 heavy (non-hydrogen) atoms. The number of nitrogens with one attached hydrogen (secondary N) is 1. The van der Waals surface area contributed by atoms with Crippen molar-refractivity contribution in [1.82, 2.24) is 5.32 Å². The average Bonchev–Trinajstić information content (AvgIpc) is 2.69. The number of hydrogen-bond acceptors (Lipinski definition) is 2. The van der Waals surface area contributed by atoms with Gasteiger partial charge in [-0.1, -0.05) is 20.3 Å². The van der Waals surface area contributed by atoms with E-state index in [1.807, 2.05) is 0 Å². The topological polar surface area (TPSA) is 66.4 Å². The molecule has 0 spiro atoms. The van der Waals surface area contributed by atoms with E-state index in [-0.39, 0.29) is 29.2 Å². The summed E-state index contributed by atoms with van der Waals surface area (Å²) in [7, 11) is 0. The predicted molar refractivity (Wildman–Crippen MR) is 72.6 cm³/mol. The third-order valence-electron chi connectivity index (χ3n) is 5.00. The zero-order valence-electron chi connectivity index (χ0n) is 11.9. The van der Waals surface area contributed by atoms with Crippen molar-refractivity contribution < 1.29 is 14.7 Å². The Hall–Kier alpha value is -1.06. The zero-order valence-corrected chi connectivity index (χ0v) is 11.9. The standard InChI is InChI=1S/C15H25NO3/c1-15(2)9-3-4-12(15)13(17)16-11-7-5-10(6-8-11)14(18)19/h10-12H,3-9H2,1-2H3,(H,16,17)(H,18,19). The normalized spacial score (nSPS) is 33.9. The Kier molecular flexibility index (Phi) is 4.16. The lowest BCUT2D eigenvalue weighted by Gasteiger charge is -2.31.